The fraction of sp³-hybridized carbons (Fsp3) is 0. The van der Waals surface area contributed by atoms with Gasteiger partial charge in [0, 0.05) is 10.9 Å². The Balaban J connectivity index is 0.000000221. The van der Waals surface area contributed by atoms with E-state index in [2.05, 4.69) is 42.9 Å². The summed E-state index contributed by atoms with van der Waals surface area (Å²) in [5.41, 5.74) is 1.14. The van der Waals surface area contributed by atoms with Crippen molar-refractivity contribution in [1.29, 1.82) is 0 Å². The molecule has 16 heavy (non-hydrogen) atoms. The summed E-state index contributed by atoms with van der Waals surface area (Å²) in [6.07, 6.45) is 0. The maximum absolute atomic E-state index is 8.88. The van der Waals surface area contributed by atoms with E-state index in [1.54, 1.807) is 0 Å². The van der Waals surface area contributed by atoms with Crippen LogP contribution in [-0.4, -0.2) is 19.7 Å². The van der Waals surface area contributed by atoms with Gasteiger partial charge in [-0.15, -0.1) is 0 Å². The number of hydrogen-bond donors (Lipinski definition) is 4. The molecule has 0 spiro atoms. The molecule has 0 unspecified atom stereocenters. The van der Waals surface area contributed by atoms with Crippen molar-refractivity contribution in [3.63, 3.8) is 0 Å². The molecule has 0 atom stereocenters. The van der Waals surface area contributed by atoms with Crippen LogP contribution in [0.5, 0.6) is 0 Å². The number of halogens is 2. The second kappa shape index (κ2) is 5.44. The molecule has 0 fully saturated rings. The van der Waals surface area contributed by atoms with E-state index in [9.17, 15) is 0 Å². The zero-order chi connectivity index (χ0) is 12.3. The zero-order valence-electron chi connectivity index (χ0n) is 7.76. The van der Waals surface area contributed by atoms with Crippen LogP contribution in [0, 0.1) is 0 Å². The van der Waals surface area contributed by atoms with Gasteiger partial charge in [-0.1, -0.05) is 18.2 Å². The van der Waals surface area contributed by atoms with Crippen molar-refractivity contribution in [3.8, 4) is 0 Å². The van der Waals surface area contributed by atoms with Crippen LogP contribution in [-0.2, 0) is 4.57 Å². The summed E-state index contributed by atoms with van der Waals surface area (Å²) in [6.45, 7) is 0. The van der Waals surface area contributed by atoms with Gasteiger partial charge in [0.15, 0.2) is 0 Å². The number of rotatable bonds is 0. The first-order valence-electron chi connectivity index (χ1n) is 3.99. The van der Waals surface area contributed by atoms with Gasteiger partial charge in [0.2, 0.25) is 0 Å². The molecule has 0 amide bonds. The summed E-state index contributed by atoms with van der Waals surface area (Å²) in [5.74, 6) is 0. The maximum Gasteiger partial charge on any atom is 0.466 e. The Kier molecular flexibility index (Phi) is 4.73. The number of aromatic nitrogens is 1. The van der Waals surface area contributed by atoms with Crippen LogP contribution in [0.1, 0.15) is 0 Å². The third-order valence-corrected chi connectivity index (χ3v) is 3.55. The number of benzene rings is 1. The van der Waals surface area contributed by atoms with E-state index >= 15 is 0 Å². The maximum atomic E-state index is 8.88. The number of nitrogens with one attached hydrogen (secondary N) is 1. The molecule has 1 heterocycles. The average Bonchev–Trinajstić information content (AvgIpc) is 2.41. The van der Waals surface area contributed by atoms with Crippen molar-refractivity contribution < 1.29 is 19.2 Å². The number of fused-ring (bicyclic) bond motifs is 1. The quantitative estimate of drug-likeness (QED) is 0.535. The number of H-pyrrole nitrogens is 1. The van der Waals surface area contributed by atoms with Crippen LogP contribution in [0.25, 0.3) is 10.9 Å². The smallest absolute Gasteiger partial charge is 0.348 e. The molecular formula is C8H8Br2NO4P. The topological polar surface area (TPSA) is 93.6 Å². The molecular weight excluding hydrogens is 365 g/mol. The van der Waals surface area contributed by atoms with E-state index in [1.807, 2.05) is 18.2 Å². The molecule has 1 aromatic carbocycles. The number of para-hydroxylation sites is 1. The monoisotopic (exact) mass is 371 g/mol. The molecule has 0 radical (unpaired) electrons. The Morgan fingerprint density at radius 2 is 1.62 bits per heavy atom. The van der Waals surface area contributed by atoms with Crippen molar-refractivity contribution in [3.05, 3.63) is 33.3 Å². The van der Waals surface area contributed by atoms with Gasteiger partial charge in [-0.3, -0.25) is 0 Å². The lowest BCUT2D eigenvalue weighted by atomic mass is 10.3. The Morgan fingerprint density at radius 3 is 2.12 bits per heavy atom. The van der Waals surface area contributed by atoms with Crippen molar-refractivity contribution in [1.82, 2.24) is 4.98 Å². The van der Waals surface area contributed by atoms with Crippen molar-refractivity contribution in [2.24, 2.45) is 0 Å². The zero-order valence-corrected chi connectivity index (χ0v) is 11.8. The molecule has 2 aromatic rings. The molecule has 4 N–H and O–H groups in total. The van der Waals surface area contributed by atoms with Crippen LogP contribution < -0.4 is 0 Å². The van der Waals surface area contributed by atoms with Crippen molar-refractivity contribution in [2.75, 3.05) is 0 Å². The molecule has 88 valence electrons. The normalized spacial score (nSPS) is 11.1. The van der Waals surface area contributed by atoms with Crippen LogP contribution >= 0.6 is 39.7 Å². The highest BCUT2D eigenvalue weighted by Gasteiger charge is 2.03. The molecule has 2 rings (SSSR count). The SMILES string of the molecule is Brc1[nH]c2ccccc2c1Br.O=P(O)(O)O. The minimum Gasteiger partial charge on any atom is -0.348 e. The highest BCUT2D eigenvalue weighted by Crippen LogP contribution is 2.30. The van der Waals surface area contributed by atoms with Gasteiger partial charge in [-0.2, -0.15) is 0 Å². The number of phosphoric acid groups is 1. The van der Waals surface area contributed by atoms with E-state index < -0.39 is 7.82 Å². The van der Waals surface area contributed by atoms with E-state index in [0.29, 0.717) is 0 Å². The van der Waals surface area contributed by atoms with Crippen molar-refractivity contribution >= 4 is 50.6 Å². The predicted octanol–water partition coefficient (Wildman–Crippen LogP) is 2.76. The largest absolute Gasteiger partial charge is 0.466 e. The van der Waals surface area contributed by atoms with E-state index in [1.165, 1.54) is 5.39 Å². The van der Waals surface area contributed by atoms with Gasteiger partial charge in [0.1, 0.15) is 0 Å². The van der Waals surface area contributed by atoms with Gasteiger partial charge in [-0.25, -0.2) is 4.57 Å². The van der Waals surface area contributed by atoms with Crippen molar-refractivity contribution in [2.45, 2.75) is 0 Å². The lowest BCUT2D eigenvalue weighted by molar-refractivity contribution is 0.275. The molecule has 8 heteroatoms. The minimum atomic E-state index is -4.64. The highest BCUT2D eigenvalue weighted by atomic mass is 79.9. The van der Waals surface area contributed by atoms with Gasteiger partial charge in [-0.05, 0) is 37.9 Å². The minimum absolute atomic E-state index is 0.999. The predicted molar refractivity (Wildman–Crippen MR) is 68.0 cm³/mol. The summed E-state index contributed by atoms with van der Waals surface area (Å²) in [5, 5.41) is 1.21. The van der Waals surface area contributed by atoms with Crippen LogP contribution in [0.3, 0.4) is 0 Å². The van der Waals surface area contributed by atoms with E-state index in [-0.39, 0.29) is 0 Å². The van der Waals surface area contributed by atoms with Gasteiger partial charge >= 0.3 is 7.82 Å². The Bertz CT molecular complexity index is 528. The third kappa shape index (κ3) is 4.37. The molecule has 0 aliphatic heterocycles. The second-order valence-electron chi connectivity index (χ2n) is 2.81. The molecule has 0 aliphatic rings. The Morgan fingerprint density at radius 1 is 1.12 bits per heavy atom. The average molecular weight is 373 g/mol. The van der Waals surface area contributed by atoms with Gasteiger partial charge in [0.25, 0.3) is 0 Å². The first-order valence-corrected chi connectivity index (χ1v) is 7.14. The summed E-state index contributed by atoms with van der Waals surface area (Å²) in [6, 6.07) is 8.15. The molecule has 0 saturated heterocycles. The first kappa shape index (κ1) is 13.9. The fourth-order valence-corrected chi connectivity index (χ4v) is 1.95. The van der Waals surface area contributed by atoms with Crippen LogP contribution in [0.15, 0.2) is 33.3 Å². The summed E-state index contributed by atoms with van der Waals surface area (Å²) in [4.78, 5) is 24.8. The molecule has 0 aliphatic carbocycles. The molecule has 0 bridgehead atoms. The van der Waals surface area contributed by atoms with Crippen LogP contribution in [0.2, 0.25) is 0 Å². The molecule has 5 nitrogen and oxygen atoms in total. The lowest BCUT2D eigenvalue weighted by Gasteiger charge is -1.85. The van der Waals surface area contributed by atoms with Gasteiger partial charge in [0.05, 0.1) is 9.08 Å². The third-order valence-electron chi connectivity index (χ3n) is 1.60. The Labute approximate surface area is 108 Å². The number of aromatic amines is 1. The van der Waals surface area contributed by atoms with E-state index in [4.69, 9.17) is 19.2 Å². The summed E-state index contributed by atoms with van der Waals surface area (Å²) in [7, 11) is -4.64. The fourth-order valence-electron chi connectivity index (χ4n) is 1.07. The number of hydrogen-bond acceptors (Lipinski definition) is 1. The molecule has 0 saturated carbocycles. The Hall–Kier alpha value is -0.170. The van der Waals surface area contributed by atoms with Crippen LogP contribution in [0.4, 0.5) is 0 Å². The lowest BCUT2D eigenvalue weighted by Crippen LogP contribution is -1.66. The highest BCUT2D eigenvalue weighted by molar-refractivity contribution is 9.13. The standard InChI is InChI=1S/C8H5Br2N.H3O4P/c9-7-5-3-1-2-4-6(5)11-8(7)10;1-5(2,3)4/h1-4,11H;(H3,1,2,3,4). The first-order chi connectivity index (χ1) is 7.29. The van der Waals surface area contributed by atoms with E-state index in [0.717, 1.165) is 14.6 Å². The summed E-state index contributed by atoms with van der Waals surface area (Å²) < 4.78 is 11.0. The summed E-state index contributed by atoms with van der Waals surface area (Å²) >= 11 is 6.88. The second-order valence-corrected chi connectivity index (χ2v) is 5.42. The van der Waals surface area contributed by atoms with Gasteiger partial charge < -0.3 is 19.7 Å². The molecule has 1 aromatic heterocycles.